The van der Waals surface area contributed by atoms with E-state index in [1.165, 1.54) is 18.7 Å². The summed E-state index contributed by atoms with van der Waals surface area (Å²) in [4.78, 5) is 38.3. The summed E-state index contributed by atoms with van der Waals surface area (Å²) in [7, 11) is -4.62. The quantitative estimate of drug-likeness (QED) is 0.243. The van der Waals surface area contributed by atoms with E-state index in [4.69, 9.17) is 27.9 Å². The predicted octanol–water partition coefficient (Wildman–Crippen LogP) is 3.86. The predicted molar refractivity (Wildman–Crippen MR) is 172 cm³/mol. The van der Waals surface area contributed by atoms with Gasteiger partial charge in [-0.25, -0.2) is 24.5 Å². The minimum absolute atomic E-state index is 0.00614. The van der Waals surface area contributed by atoms with Crippen molar-refractivity contribution in [1.29, 1.82) is 0 Å². The third-order valence-corrected chi connectivity index (χ3v) is 8.23. The van der Waals surface area contributed by atoms with Crippen LogP contribution < -0.4 is 14.8 Å². The van der Waals surface area contributed by atoms with Gasteiger partial charge in [-0.05, 0) is 52.3 Å². The average molecular weight is 697 g/mol. The van der Waals surface area contributed by atoms with E-state index < -0.39 is 64.8 Å². The molecule has 0 saturated carbocycles. The molecule has 2 aliphatic rings. The number of fused-ring (bicyclic) bond motifs is 2. The van der Waals surface area contributed by atoms with Crippen molar-refractivity contribution in [3.8, 4) is 5.75 Å². The van der Waals surface area contributed by atoms with Crippen LogP contribution in [-0.4, -0.2) is 76.2 Å². The van der Waals surface area contributed by atoms with Crippen molar-refractivity contribution in [2.45, 2.75) is 77.2 Å². The van der Waals surface area contributed by atoms with Crippen molar-refractivity contribution < 1.29 is 45.9 Å². The lowest BCUT2D eigenvalue weighted by Crippen LogP contribution is -2.37. The van der Waals surface area contributed by atoms with Crippen LogP contribution in [0.3, 0.4) is 0 Å². The van der Waals surface area contributed by atoms with Gasteiger partial charge in [0.25, 0.3) is 5.91 Å². The van der Waals surface area contributed by atoms with Gasteiger partial charge in [0.15, 0.2) is 29.0 Å². The highest BCUT2D eigenvalue weighted by molar-refractivity contribution is 7.85. The number of aromatic nitrogens is 4. The largest absolute Gasteiger partial charge is 0.488 e. The highest BCUT2D eigenvalue weighted by Gasteiger charge is 2.56. The molecule has 4 aromatic rings. The second-order valence-electron chi connectivity index (χ2n) is 12.7. The van der Waals surface area contributed by atoms with Gasteiger partial charge in [0.05, 0.1) is 18.5 Å². The van der Waals surface area contributed by atoms with Crippen LogP contribution in [-0.2, 0) is 40.0 Å². The molecule has 0 spiro atoms. The fourth-order valence-corrected chi connectivity index (χ4v) is 6.13. The van der Waals surface area contributed by atoms with Crippen LogP contribution in [0.15, 0.2) is 67.3 Å². The Morgan fingerprint density at radius 2 is 1.69 bits per heavy atom. The molecule has 260 valence electrons. The number of benzene rings is 2. The monoisotopic (exact) mass is 696 g/mol. The summed E-state index contributed by atoms with van der Waals surface area (Å²) in [6.45, 7) is 8.29. The Morgan fingerprint density at radius 3 is 2.45 bits per heavy atom. The molecule has 49 heavy (non-hydrogen) atoms. The number of nitrogens with one attached hydrogen (secondary N) is 2. The van der Waals surface area contributed by atoms with E-state index in [0.717, 1.165) is 5.56 Å². The normalized spacial score (nSPS) is 21.7. The maximum atomic E-state index is 13.1. The Morgan fingerprint density at radius 1 is 0.980 bits per heavy atom. The molecule has 6 rings (SSSR count). The van der Waals surface area contributed by atoms with Gasteiger partial charge in [-0.3, -0.25) is 18.9 Å². The number of ether oxygens (including phenoxy) is 5. The second-order valence-corrected chi connectivity index (χ2v) is 14.1. The third-order valence-electron chi connectivity index (χ3n) is 7.35. The summed E-state index contributed by atoms with van der Waals surface area (Å²) in [5.74, 6) is -1.66. The Labute approximate surface area is 282 Å². The summed E-state index contributed by atoms with van der Waals surface area (Å²) in [6, 6.07) is 15.6. The van der Waals surface area contributed by atoms with Gasteiger partial charge in [0.1, 0.15) is 42.6 Å². The average Bonchev–Trinajstić information content (AvgIpc) is 3.69. The first-order valence-electron chi connectivity index (χ1n) is 15.3. The maximum Gasteiger partial charge on any atom is 0.413 e. The van der Waals surface area contributed by atoms with Crippen molar-refractivity contribution in [2.24, 2.45) is 0 Å². The van der Waals surface area contributed by atoms with Gasteiger partial charge >= 0.3 is 16.4 Å². The molecule has 0 aliphatic carbocycles. The molecule has 2 saturated heterocycles. The number of hydrogen-bond donors (Lipinski definition) is 2. The molecule has 0 radical (unpaired) electrons. The number of para-hydroxylation sites is 1. The fourth-order valence-electron chi connectivity index (χ4n) is 5.42. The van der Waals surface area contributed by atoms with E-state index in [2.05, 4.69) is 20.3 Å². The highest BCUT2D eigenvalue weighted by atomic mass is 32.2. The van der Waals surface area contributed by atoms with E-state index >= 15 is 0 Å². The first kappa shape index (κ1) is 34.2. The molecular weight excluding hydrogens is 660 g/mol. The molecule has 2 N–H and O–H groups in total. The molecule has 17 heteroatoms. The third kappa shape index (κ3) is 7.97. The number of carbonyl (C=O) groups is 2. The summed E-state index contributed by atoms with van der Waals surface area (Å²) in [6.07, 6.45) is -1.38. The van der Waals surface area contributed by atoms with Gasteiger partial charge in [-0.15, -0.1) is 0 Å². The SMILES string of the molecule is CC(C)(C)OC(=O)Nc1ncnc2c1ncn2[C@@H]1O[C@H](COS(=O)(=O)NC(=O)c2ccccc2OCc2ccccc2)[C@H]2OC(C)(C)O[C@H]21. The van der Waals surface area contributed by atoms with Crippen LogP contribution in [0.1, 0.15) is 56.8 Å². The van der Waals surface area contributed by atoms with E-state index in [1.807, 2.05) is 35.1 Å². The minimum Gasteiger partial charge on any atom is -0.488 e. The van der Waals surface area contributed by atoms with E-state index in [1.54, 1.807) is 57.4 Å². The van der Waals surface area contributed by atoms with Crippen LogP contribution >= 0.6 is 0 Å². The molecule has 0 unspecified atom stereocenters. The standard InChI is InChI=1S/C32H36N6O10S/c1-31(2,3)48-30(40)36-26-23-27(34-17-33-26)38(18-35-23)29-25-24(46-32(4,5)47-25)22(45-29)16-44-49(41,42)37-28(39)20-13-9-10-14-21(20)43-15-19-11-7-6-8-12-19/h6-14,17-18,22,24-25,29H,15-16H2,1-5H3,(H,37,39)(H,33,34,36,40)/t22-,24-,25-,29-/m1/s1. The Kier molecular flexibility index (Phi) is 9.29. The van der Waals surface area contributed by atoms with Crippen LogP contribution in [0.5, 0.6) is 5.75 Å². The Balaban J connectivity index is 1.15. The number of rotatable bonds is 10. The van der Waals surface area contributed by atoms with Gasteiger partial charge in [0.2, 0.25) is 0 Å². The van der Waals surface area contributed by atoms with Crippen molar-refractivity contribution in [2.75, 3.05) is 11.9 Å². The molecule has 2 aliphatic heterocycles. The highest BCUT2D eigenvalue weighted by Crippen LogP contribution is 2.44. The minimum atomic E-state index is -4.62. The van der Waals surface area contributed by atoms with Crippen LogP contribution in [0.25, 0.3) is 11.2 Å². The van der Waals surface area contributed by atoms with Gasteiger partial charge in [-0.2, -0.15) is 8.42 Å². The first-order chi connectivity index (χ1) is 23.2. The molecule has 16 nitrogen and oxygen atoms in total. The van der Waals surface area contributed by atoms with E-state index in [9.17, 15) is 18.0 Å². The first-order valence-corrected chi connectivity index (χ1v) is 16.7. The molecule has 2 amide bonds. The van der Waals surface area contributed by atoms with Gasteiger partial charge in [0, 0.05) is 0 Å². The molecule has 2 fully saturated rings. The number of anilines is 1. The Hall–Kier alpha value is -4.68. The molecule has 2 aromatic carbocycles. The smallest absolute Gasteiger partial charge is 0.413 e. The zero-order valence-electron chi connectivity index (χ0n) is 27.4. The van der Waals surface area contributed by atoms with Gasteiger partial charge in [-0.1, -0.05) is 42.5 Å². The zero-order chi connectivity index (χ0) is 35.0. The zero-order valence-corrected chi connectivity index (χ0v) is 28.2. The number of hydrogen-bond acceptors (Lipinski definition) is 13. The van der Waals surface area contributed by atoms with Crippen molar-refractivity contribution in [1.82, 2.24) is 24.2 Å². The molecular formula is C32H36N6O10S. The van der Waals surface area contributed by atoms with Crippen molar-refractivity contribution >= 4 is 39.3 Å². The summed E-state index contributed by atoms with van der Waals surface area (Å²) < 4.78 is 64.3. The lowest BCUT2D eigenvalue weighted by atomic mass is 10.1. The van der Waals surface area contributed by atoms with Gasteiger partial charge < -0.3 is 23.7 Å². The molecule has 0 bridgehead atoms. The van der Waals surface area contributed by atoms with E-state index in [0.29, 0.717) is 5.65 Å². The fraction of sp³-hybridized carbons (Fsp3) is 0.406. The number of carbonyl (C=O) groups excluding carboxylic acids is 2. The van der Waals surface area contributed by atoms with E-state index in [-0.39, 0.29) is 29.3 Å². The molecule has 4 atom stereocenters. The lowest BCUT2D eigenvalue weighted by Gasteiger charge is -2.24. The Bertz CT molecular complexity index is 1950. The van der Waals surface area contributed by atoms with Crippen molar-refractivity contribution in [3.05, 3.63) is 78.4 Å². The summed E-state index contributed by atoms with van der Waals surface area (Å²) >= 11 is 0. The van der Waals surface area contributed by atoms with Crippen LogP contribution in [0.4, 0.5) is 10.6 Å². The maximum absolute atomic E-state index is 13.1. The summed E-state index contributed by atoms with van der Waals surface area (Å²) in [5, 5.41) is 2.58. The number of imidazole rings is 1. The van der Waals surface area contributed by atoms with Crippen LogP contribution in [0.2, 0.25) is 0 Å². The lowest BCUT2D eigenvalue weighted by molar-refractivity contribution is -0.198. The molecule has 4 heterocycles. The topological polar surface area (TPSA) is 191 Å². The van der Waals surface area contributed by atoms with Crippen molar-refractivity contribution in [3.63, 3.8) is 0 Å². The second kappa shape index (κ2) is 13.3. The molecule has 2 aromatic heterocycles. The summed E-state index contributed by atoms with van der Waals surface area (Å²) in [5.41, 5.74) is 0.699. The number of nitrogens with zero attached hydrogens (tertiary/aromatic N) is 4. The van der Waals surface area contributed by atoms with Crippen LogP contribution in [0, 0.1) is 0 Å². The number of amides is 2.